The van der Waals surface area contributed by atoms with Crippen molar-refractivity contribution < 1.29 is 27.5 Å². The molecule has 0 radical (unpaired) electrons. The predicted molar refractivity (Wildman–Crippen MR) is 189 cm³/mol. The van der Waals surface area contributed by atoms with Crippen LogP contribution in [0.1, 0.15) is 37.7 Å². The Morgan fingerprint density at radius 2 is 1.61 bits per heavy atom. The Balaban J connectivity index is 1.30. The number of urea groups is 1. The SMILES string of the molecule is Cc1ccc(-n2nc(C(C)(C)C)cc2NC(=O)Nc2ccc(Oc3ccnc(CC(=O)CNC(=O)CS(C)(=O)=O)c3)c3ccccc23)cc1. The van der Waals surface area contributed by atoms with Gasteiger partial charge in [0.2, 0.25) is 5.91 Å². The summed E-state index contributed by atoms with van der Waals surface area (Å²) in [6.45, 7) is 7.88. The molecule has 254 valence electrons. The lowest BCUT2D eigenvalue weighted by molar-refractivity contribution is -0.123. The Morgan fingerprint density at radius 3 is 2.31 bits per heavy atom. The number of carbonyl (C=O) groups is 3. The molecule has 0 bridgehead atoms. The van der Waals surface area contributed by atoms with Gasteiger partial charge in [0.05, 0.1) is 35.7 Å². The summed E-state index contributed by atoms with van der Waals surface area (Å²) < 4.78 is 30.5. The van der Waals surface area contributed by atoms with E-state index < -0.39 is 27.5 Å². The van der Waals surface area contributed by atoms with Crippen molar-refractivity contribution in [1.29, 1.82) is 0 Å². The number of nitrogens with one attached hydrogen (secondary N) is 3. The topological polar surface area (TPSA) is 161 Å². The van der Waals surface area contributed by atoms with Crippen LogP contribution in [0.2, 0.25) is 0 Å². The second-order valence-electron chi connectivity index (χ2n) is 12.8. The quantitative estimate of drug-likeness (QED) is 0.159. The van der Waals surface area contributed by atoms with Crippen molar-refractivity contribution in [2.45, 2.75) is 39.5 Å². The highest BCUT2D eigenvalue weighted by molar-refractivity contribution is 7.91. The largest absolute Gasteiger partial charge is 0.457 e. The molecule has 49 heavy (non-hydrogen) atoms. The van der Waals surface area contributed by atoms with Gasteiger partial charge in [-0.2, -0.15) is 5.10 Å². The summed E-state index contributed by atoms with van der Waals surface area (Å²) in [7, 11) is -3.50. The zero-order chi connectivity index (χ0) is 35.3. The Hall–Kier alpha value is -5.56. The van der Waals surface area contributed by atoms with Gasteiger partial charge in [-0.15, -0.1) is 0 Å². The van der Waals surface area contributed by atoms with Gasteiger partial charge in [0, 0.05) is 40.8 Å². The lowest BCUT2D eigenvalue weighted by Crippen LogP contribution is -2.34. The van der Waals surface area contributed by atoms with Crippen LogP contribution in [0.25, 0.3) is 16.5 Å². The number of ether oxygens (including phenoxy) is 1. The van der Waals surface area contributed by atoms with Crippen LogP contribution < -0.4 is 20.7 Å². The number of carbonyl (C=O) groups excluding carboxylic acids is 3. The third-order valence-electron chi connectivity index (χ3n) is 7.40. The normalized spacial score (nSPS) is 11.6. The van der Waals surface area contributed by atoms with Gasteiger partial charge in [0.1, 0.15) is 23.1 Å². The molecule has 0 aliphatic rings. The van der Waals surface area contributed by atoms with Gasteiger partial charge in [-0.3, -0.25) is 19.9 Å². The standard InChI is InChI=1S/C36H38N6O6S/c1-23-10-12-25(13-11-23)42-33(20-32(41-42)36(2,3)4)40-35(45)39-30-14-15-31(29-9-7-6-8-28(29)30)48-27-16-17-37-24(19-27)18-26(43)21-38-34(44)22-49(5,46)47/h6-17,19-20H,18,21-22H2,1-5H3,(H,38,44)(H2,39,40,45). The molecule has 0 saturated heterocycles. The van der Waals surface area contributed by atoms with Crippen LogP contribution in [-0.4, -0.2) is 59.5 Å². The smallest absolute Gasteiger partial charge is 0.324 e. The second kappa shape index (κ2) is 14.3. The third-order valence-corrected chi connectivity index (χ3v) is 8.19. The molecule has 5 aromatic rings. The molecule has 12 nitrogen and oxygen atoms in total. The van der Waals surface area contributed by atoms with Gasteiger partial charge in [0.25, 0.3) is 0 Å². The highest BCUT2D eigenvalue weighted by Gasteiger charge is 2.22. The molecule has 0 aliphatic carbocycles. The second-order valence-corrected chi connectivity index (χ2v) is 14.9. The van der Waals surface area contributed by atoms with E-state index in [0.717, 1.165) is 34.0 Å². The number of aromatic nitrogens is 3. The van der Waals surface area contributed by atoms with E-state index in [9.17, 15) is 22.8 Å². The average Bonchev–Trinajstić information content (AvgIpc) is 3.45. The third kappa shape index (κ3) is 9.29. The maximum absolute atomic E-state index is 13.4. The zero-order valence-electron chi connectivity index (χ0n) is 27.9. The minimum Gasteiger partial charge on any atom is -0.457 e. The van der Waals surface area contributed by atoms with Crippen LogP contribution in [0.4, 0.5) is 16.3 Å². The first kappa shape index (κ1) is 34.8. The molecule has 0 aliphatic heterocycles. The van der Waals surface area contributed by atoms with Crippen LogP contribution in [0, 0.1) is 6.92 Å². The van der Waals surface area contributed by atoms with Crippen LogP contribution in [0.5, 0.6) is 11.5 Å². The van der Waals surface area contributed by atoms with Gasteiger partial charge < -0.3 is 15.4 Å². The molecule has 13 heteroatoms. The molecule has 3 aromatic carbocycles. The number of Topliss-reactive ketones (excluding diaryl/α,β-unsaturated/α-hetero) is 1. The number of amides is 3. The number of rotatable bonds is 11. The Bertz CT molecular complexity index is 2140. The van der Waals surface area contributed by atoms with E-state index in [1.54, 1.807) is 28.9 Å². The molecule has 2 aromatic heterocycles. The van der Waals surface area contributed by atoms with E-state index in [-0.39, 0.29) is 24.2 Å². The summed E-state index contributed by atoms with van der Waals surface area (Å²) in [6, 6.07) is 23.6. The molecule has 0 fully saturated rings. The molecule has 3 amide bonds. The summed E-state index contributed by atoms with van der Waals surface area (Å²) in [5, 5.41) is 14.5. The van der Waals surface area contributed by atoms with Crippen molar-refractivity contribution in [3.05, 3.63) is 102 Å². The minimum absolute atomic E-state index is 0.0882. The highest BCUT2D eigenvalue weighted by Crippen LogP contribution is 2.35. The predicted octanol–water partition coefficient (Wildman–Crippen LogP) is 5.74. The maximum atomic E-state index is 13.4. The number of benzene rings is 3. The van der Waals surface area contributed by atoms with Gasteiger partial charge in [-0.25, -0.2) is 17.9 Å². The first-order valence-corrected chi connectivity index (χ1v) is 17.6. The highest BCUT2D eigenvalue weighted by atomic mass is 32.2. The van der Waals surface area contributed by atoms with Gasteiger partial charge >= 0.3 is 6.03 Å². The van der Waals surface area contributed by atoms with Crippen LogP contribution in [0.15, 0.2) is 85.1 Å². The summed E-state index contributed by atoms with van der Waals surface area (Å²) in [6.07, 6.45) is 2.37. The van der Waals surface area contributed by atoms with Crippen molar-refractivity contribution in [3.8, 4) is 17.2 Å². The Labute approximate surface area is 284 Å². The summed E-state index contributed by atoms with van der Waals surface area (Å²) >= 11 is 0. The van der Waals surface area contributed by atoms with E-state index in [0.29, 0.717) is 28.7 Å². The number of fused-ring (bicyclic) bond motifs is 1. The fourth-order valence-corrected chi connectivity index (χ4v) is 5.53. The number of nitrogens with zero attached hydrogens (tertiary/aromatic N) is 3. The fraction of sp³-hybridized carbons (Fsp3) is 0.250. The molecular weight excluding hydrogens is 644 g/mol. The van der Waals surface area contributed by atoms with Gasteiger partial charge in [0.15, 0.2) is 15.6 Å². The lowest BCUT2D eigenvalue weighted by Gasteiger charge is -2.14. The molecule has 0 unspecified atom stereocenters. The number of hydrogen-bond donors (Lipinski definition) is 3. The first-order valence-electron chi connectivity index (χ1n) is 15.5. The van der Waals surface area contributed by atoms with E-state index in [1.165, 1.54) is 6.20 Å². The Kier molecular flexibility index (Phi) is 10.1. The van der Waals surface area contributed by atoms with E-state index in [4.69, 9.17) is 9.84 Å². The average molecular weight is 683 g/mol. The number of pyridine rings is 1. The zero-order valence-corrected chi connectivity index (χ0v) is 28.7. The van der Waals surface area contributed by atoms with Gasteiger partial charge in [-0.05, 0) is 37.3 Å². The minimum atomic E-state index is -3.50. The molecule has 0 spiro atoms. The van der Waals surface area contributed by atoms with Crippen LogP contribution in [0.3, 0.4) is 0 Å². The molecule has 2 heterocycles. The molecule has 5 rings (SSSR count). The number of anilines is 2. The van der Waals surface area contributed by atoms with Crippen molar-refractivity contribution in [3.63, 3.8) is 0 Å². The Morgan fingerprint density at radius 1 is 0.898 bits per heavy atom. The van der Waals surface area contributed by atoms with Crippen molar-refractivity contribution in [2.24, 2.45) is 0 Å². The van der Waals surface area contributed by atoms with Gasteiger partial charge in [-0.1, -0.05) is 62.7 Å². The van der Waals surface area contributed by atoms with Crippen LogP contribution >= 0.6 is 0 Å². The number of hydrogen-bond acceptors (Lipinski definition) is 8. The first-order chi connectivity index (χ1) is 23.1. The van der Waals surface area contributed by atoms with E-state index >= 15 is 0 Å². The fourth-order valence-electron chi connectivity index (χ4n) is 4.95. The molecular formula is C36H38N6O6S. The van der Waals surface area contributed by atoms with Crippen molar-refractivity contribution in [1.82, 2.24) is 20.1 Å². The van der Waals surface area contributed by atoms with Crippen molar-refractivity contribution >= 4 is 49.8 Å². The molecule has 0 atom stereocenters. The van der Waals surface area contributed by atoms with E-state index in [2.05, 4.69) is 41.7 Å². The number of sulfone groups is 1. The van der Waals surface area contributed by atoms with Crippen LogP contribution in [-0.2, 0) is 31.3 Å². The summed E-state index contributed by atoms with van der Waals surface area (Å²) in [5.41, 5.74) is 3.51. The maximum Gasteiger partial charge on any atom is 0.324 e. The molecule has 3 N–H and O–H groups in total. The number of ketones is 1. The van der Waals surface area contributed by atoms with E-state index in [1.807, 2.05) is 61.5 Å². The lowest BCUT2D eigenvalue weighted by atomic mass is 9.92. The summed E-state index contributed by atoms with van der Waals surface area (Å²) in [5.74, 6) is -0.299. The molecule has 0 saturated carbocycles. The number of aryl methyl sites for hydroxylation is 1. The summed E-state index contributed by atoms with van der Waals surface area (Å²) in [4.78, 5) is 41.8. The monoisotopic (exact) mass is 682 g/mol. The van der Waals surface area contributed by atoms with Crippen molar-refractivity contribution in [2.75, 3.05) is 29.2 Å².